The van der Waals surface area contributed by atoms with E-state index in [-0.39, 0.29) is 6.04 Å². The van der Waals surface area contributed by atoms with Crippen molar-refractivity contribution in [3.8, 4) is 0 Å². The van der Waals surface area contributed by atoms with Crippen LogP contribution >= 0.6 is 0 Å². The maximum absolute atomic E-state index is 7.88. The molecule has 2 heteroatoms. The summed E-state index contributed by atoms with van der Waals surface area (Å²) in [5, 5.41) is 11.6. The molecule has 1 heterocycles. The van der Waals surface area contributed by atoms with Crippen LogP contribution in [0.4, 0.5) is 0 Å². The second-order valence-corrected chi connectivity index (χ2v) is 8.03. The summed E-state index contributed by atoms with van der Waals surface area (Å²) in [6.45, 7) is 2.20. The molecule has 0 aliphatic carbocycles. The minimum absolute atomic E-state index is 0.127. The van der Waals surface area contributed by atoms with Crippen LogP contribution in [0.15, 0.2) is 103 Å². The van der Waals surface area contributed by atoms with Crippen molar-refractivity contribution in [3.63, 3.8) is 0 Å². The van der Waals surface area contributed by atoms with E-state index in [1.807, 2.05) is 18.2 Å². The molecular weight excluding hydrogens is 388 g/mol. The predicted molar refractivity (Wildman–Crippen MR) is 137 cm³/mol. The van der Waals surface area contributed by atoms with E-state index < -0.39 is 0 Å². The van der Waals surface area contributed by atoms with E-state index in [9.17, 15) is 0 Å². The topological polar surface area (TPSA) is 35.9 Å². The zero-order valence-corrected chi connectivity index (χ0v) is 18.6. The molecule has 0 aromatic heterocycles. The van der Waals surface area contributed by atoms with Gasteiger partial charge in [-0.15, -0.1) is 0 Å². The molecule has 0 bridgehead atoms. The van der Waals surface area contributed by atoms with Crippen molar-refractivity contribution in [3.05, 3.63) is 131 Å². The van der Waals surface area contributed by atoms with E-state index >= 15 is 0 Å². The molecule has 1 aliphatic heterocycles. The number of nitrogens with one attached hydrogen (secondary N) is 2. The highest BCUT2D eigenvalue weighted by Crippen LogP contribution is 2.38. The highest BCUT2D eigenvalue weighted by atomic mass is 15.0. The van der Waals surface area contributed by atoms with Crippen molar-refractivity contribution in [2.24, 2.45) is 0 Å². The van der Waals surface area contributed by atoms with Crippen LogP contribution in [0.2, 0.25) is 0 Å². The normalized spacial score (nSPS) is 16.8. The van der Waals surface area contributed by atoms with Crippen LogP contribution in [-0.2, 0) is 6.42 Å². The standard InChI is InChI=1S/C30H30N2/c1-2-3-4-8-19-29-27-17-11-12-18-28(27)30(32-29)26-16-10-9-15-24(26)20-21-25(22-31)23-13-6-5-7-14-23/h4-19,21-22,30-32H,2-3,20H2,1H3/b8-4-,25-21+,29-19-,31-22?/t30-/m0/s1. The Morgan fingerprint density at radius 2 is 1.62 bits per heavy atom. The molecule has 3 aromatic rings. The minimum atomic E-state index is 0.127. The monoisotopic (exact) mass is 418 g/mol. The molecule has 3 aromatic carbocycles. The Hall–Kier alpha value is -3.65. The predicted octanol–water partition coefficient (Wildman–Crippen LogP) is 7.35. The molecule has 0 radical (unpaired) electrons. The molecule has 0 spiro atoms. The number of hydrogen-bond acceptors (Lipinski definition) is 2. The van der Waals surface area contributed by atoms with Crippen LogP contribution in [0.1, 0.15) is 53.6 Å². The summed E-state index contributed by atoms with van der Waals surface area (Å²) in [6.07, 6.45) is 13.2. The van der Waals surface area contributed by atoms with E-state index in [4.69, 9.17) is 5.41 Å². The van der Waals surface area contributed by atoms with Crippen LogP contribution in [0.3, 0.4) is 0 Å². The molecule has 160 valence electrons. The highest BCUT2D eigenvalue weighted by molar-refractivity contribution is 6.08. The van der Waals surface area contributed by atoms with Gasteiger partial charge in [-0.25, -0.2) is 0 Å². The lowest BCUT2D eigenvalue weighted by atomic mass is 9.92. The zero-order valence-electron chi connectivity index (χ0n) is 18.6. The van der Waals surface area contributed by atoms with Gasteiger partial charge in [0, 0.05) is 17.5 Å². The summed E-state index contributed by atoms with van der Waals surface area (Å²) in [4.78, 5) is 0. The Bertz CT molecular complexity index is 1150. The maximum Gasteiger partial charge on any atom is 0.0777 e. The SMILES string of the molecule is CCC/C=C\C=C1/N[C@@H](c2ccccc2C/C=C(\C=N)c2ccccc2)c2ccccc21. The van der Waals surface area contributed by atoms with E-state index in [1.54, 1.807) is 0 Å². The van der Waals surface area contributed by atoms with Crippen molar-refractivity contribution < 1.29 is 0 Å². The number of fused-ring (bicyclic) bond motifs is 1. The Balaban J connectivity index is 1.65. The number of allylic oxidation sites excluding steroid dienone is 5. The van der Waals surface area contributed by atoms with Crippen LogP contribution < -0.4 is 5.32 Å². The van der Waals surface area contributed by atoms with Gasteiger partial charge in [-0.3, -0.25) is 0 Å². The smallest absolute Gasteiger partial charge is 0.0777 e. The Kier molecular flexibility index (Phi) is 7.14. The molecule has 2 N–H and O–H groups in total. The summed E-state index contributed by atoms with van der Waals surface area (Å²) in [7, 11) is 0. The molecule has 1 atom stereocenters. The van der Waals surface area contributed by atoms with E-state index in [0.717, 1.165) is 30.4 Å². The Morgan fingerprint density at radius 1 is 0.906 bits per heavy atom. The van der Waals surface area contributed by atoms with Crippen LogP contribution in [-0.4, -0.2) is 6.21 Å². The third kappa shape index (κ3) is 4.81. The summed E-state index contributed by atoms with van der Waals surface area (Å²) in [6, 6.07) is 27.6. The van der Waals surface area contributed by atoms with Gasteiger partial charge in [-0.05, 0) is 46.7 Å². The average Bonchev–Trinajstić information content (AvgIpc) is 3.22. The molecule has 0 unspecified atom stereocenters. The number of unbranched alkanes of at least 4 members (excludes halogenated alkanes) is 1. The fraction of sp³-hybridized carbons (Fsp3) is 0.167. The van der Waals surface area contributed by atoms with Gasteiger partial charge >= 0.3 is 0 Å². The van der Waals surface area contributed by atoms with Crippen molar-refractivity contribution >= 4 is 17.5 Å². The molecule has 0 fully saturated rings. The molecule has 0 saturated carbocycles. The molecule has 32 heavy (non-hydrogen) atoms. The second kappa shape index (κ2) is 10.6. The lowest BCUT2D eigenvalue weighted by molar-refractivity contribution is 0.773. The van der Waals surface area contributed by atoms with Crippen molar-refractivity contribution in [2.75, 3.05) is 0 Å². The van der Waals surface area contributed by atoms with Gasteiger partial charge in [0.25, 0.3) is 0 Å². The fourth-order valence-corrected chi connectivity index (χ4v) is 4.23. The summed E-state index contributed by atoms with van der Waals surface area (Å²) in [5.41, 5.74) is 8.35. The lowest BCUT2D eigenvalue weighted by Crippen LogP contribution is -2.14. The molecule has 4 rings (SSSR count). The van der Waals surface area contributed by atoms with Crippen LogP contribution in [0, 0.1) is 5.41 Å². The van der Waals surface area contributed by atoms with Crippen LogP contribution in [0.5, 0.6) is 0 Å². The number of benzene rings is 3. The Labute approximate surface area is 191 Å². The molecule has 2 nitrogen and oxygen atoms in total. The largest absolute Gasteiger partial charge is 0.374 e. The van der Waals surface area contributed by atoms with Crippen LogP contribution in [0.25, 0.3) is 11.3 Å². The third-order valence-corrected chi connectivity index (χ3v) is 5.89. The first-order chi connectivity index (χ1) is 15.8. The molecular formula is C30H30N2. The first kappa shape index (κ1) is 21.6. The fourth-order valence-electron chi connectivity index (χ4n) is 4.23. The average molecular weight is 419 g/mol. The second-order valence-electron chi connectivity index (χ2n) is 8.03. The molecule has 0 saturated heterocycles. The number of rotatable bonds is 8. The zero-order chi connectivity index (χ0) is 22.2. The summed E-state index contributed by atoms with van der Waals surface area (Å²) >= 11 is 0. The first-order valence-corrected chi connectivity index (χ1v) is 11.4. The van der Waals surface area contributed by atoms with E-state index in [1.165, 1.54) is 34.2 Å². The first-order valence-electron chi connectivity index (χ1n) is 11.4. The van der Waals surface area contributed by atoms with Gasteiger partial charge in [0.05, 0.1) is 6.04 Å². The van der Waals surface area contributed by atoms with Crippen molar-refractivity contribution in [1.29, 1.82) is 5.41 Å². The van der Waals surface area contributed by atoms with Crippen molar-refractivity contribution in [2.45, 2.75) is 32.2 Å². The summed E-state index contributed by atoms with van der Waals surface area (Å²) in [5.74, 6) is 0. The minimum Gasteiger partial charge on any atom is -0.374 e. The van der Waals surface area contributed by atoms with E-state index in [0.29, 0.717) is 0 Å². The van der Waals surface area contributed by atoms with Gasteiger partial charge in [-0.1, -0.05) is 110 Å². The lowest BCUT2D eigenvalue weighted by Gasteiger charge is -2.17. The molecule has 1 aliphatic rings. The summed E-state index contributed by atoms with van der Waals surface area (Å²) < 4.78 is 0. The van der Waals surface area contributed by atoms with Gasteiger partial charge < -0.3 is 10.7 Å². The molecule has 0 amide bonds. The van der Waals surface area contributed by atoms with Gasteiger partial charge in [0.2, 0.25) is 0 Å². The van der Waals surface area contributed by atoms with Gasteiger partial charge in [0.15, 0.2) is 0 Å². The Morgan fingerprint density at radius 3 is 2.41 bits per heavy atom. The third-order valence-electron chi connectivity index (χ3n) is 5.89. The van der Waals surface area contributed by atoms with E-state index in [2.05, 4.69) is 97.2 Å². The highest BCUT2D eigenvalue weighted by Gasteiger charge is 2.27. The van der Waals surface area contributed by atoms with Crippen molar-refractivity contribution in [1.82, 2.24) is 5.32 Å². The quantitative estimate of drug-likeness (QED) is 0.369. The van der Waals surface area contributed by atoms with Gasteiger partial charge in [0.1, 0.15) is 0 Å². The maximum atomic E-state index is 7.88. The van der Waals surface area contributed by atoms with Gasteiger partial charge in [-0.2, -0.15) is 0 Å². The number of hydrogen-bond donors (Lipinski definition) is 2.